The van der Waals surface area contributed by atoms with Gasteiger partial charge in [-0.05, 0) is 74.9 Å². The number of aliphatic hydroxyl groups is 1. The Morgan fingerprint density at radius 1 is 1.15 bits per heavy atom. The summed E-state index contributed by atoms with van der Waals surface area (Å²) in [6.07, 6.45) is 0.663. The number of ether oxygens (including phenoxy) is 1. The van der Waals surface area contributed by atoms with E-state index in [9.17, 15) is 19.1 Å². The van der Waals surface area contributed by atoms with E-state index in [1.165, 1.54) is 29.2 Å². The third kappa shape index (κ3) is 5.79. The minimum Gasteiger partial charge on any atom is -0.507 e. The van der Waals surface area contributed by atoms with Gasteiger partial charge in [-0.3, -0.25) is 9.59 Å². The van der Waals surface area contributed by atoms with Crippen LogP contribution in [0, 0.1) is 11.7 Å². The maximum Gasteiger partial charge on any atom is 0.295 e. The fourth-order valence-electron chi connectivity index (χ4n) is 3.82. The van der Waals surface area contributed by atoms with Crippen LogP contribution in [0.15, 0.2) is 54.1 Å². The number of nitrogens with zero attached hydrogens (tertiary/aromatic N) is 2. The molecule has 6 nitrogen and oxygen atoms in total. The molecule has 0 bridgehead atoms. The number of amides is 1. The predicted molar refractivity (Wildman–Crippen MR) is 125 cm³/mol. The molecule has 1 saturated heterocycles. The maximum absolute atomic E-state index is 13.4. The van der Waals surface area contributed by atoms with E-state index in [0.717, 1.165) is 6.54 Å². The van der Waals surface area contributed by atoms with Gasteiger partial charge in [-0.2, -0.15) is 0 Å². The molecule has 1 aliphatic rings. The van der Waals surface area contributed by atoms with Gasteiger partial charge >= 0.3 is 0 Å². The van der Waals surface area contributed by atoms with Crippen LogP contribution in [0.1, 0.15) is 37.4 Å². The van der Waals surface area contributed by atoms with Crippen molar-refractivity contribution in [2.24, 2.45) is 5.92 Å². The lowest BCUT2D eigenvalue weighted by Gasteiger charge is -2.26. The van der Waals surface area contributed by atoms with Crippen LogP contribution in [0.25, 0.3) is 5.76 Å². The lowest BCUT2D eigenvalue weighted by Crippen LogP contribution is -2.32. The van der Waals surface area contributed by atoms with Crippen molar-refractivity contribution in [3.8, 4) is 5.75 Å². The second-order valence-electron chi connectivity index (χ2n) is 8.93. The molecule has 2 aromatic carbocycles. The Labute approximate surface area is 194 Å². The molecule has 176 valence electrons. The second-order valence-corrected chi connectivity index (χ2v) is 8.93. The Bertz CT molecular complexity index is 1030. The molecule has 1 N–H and O–H groups in total. The van der Waals surface area contributed by atoms with E-state index in [2.05, 4.69) is 0 Å². The Hall–Kier alpha value is -3.19. The summed E-state index contributed by atoms with van der Waals surface area (Å²) < 4.78 is 19.3. The molecule has 2 aromatic rings. The summed E-state index contributed by atoms with van der Waals surface area (Å²) in [6, 6.07) is 11.7. The Balaban J connectivity index is 2.06. The number of carbonyl (C=O) groups is 2. The van der Waals surface area contributed by atoms with Crippen molar-refractivity contribution in [1.82, 2.24) is 9.80 Å². The number of halogens is 1. The summed E-state index contributed by atoms with van der Waals surface area (Å²) in [7, 11) is 3.88. The highest BCUT2D eigenvalue weighted by molar-refractivity contribution is 6.46. The Kier molecular flexibility index (Phi) is 7.87. The zero-order valence-corrected chi connectivity index (χ0v) is 19.5. The highest BCUT2D eigenvalue weighted by Crippen LogP contribution is 2.40. The van der Waals surface area contributed by atoms with Crippen LogP contribution in [0.2, 0.25) is 0 Å². The Morgan fingerprint density at radius 2 is 1.85 bits per heavy atom. The number of carbonyl (C=O) groups excluding carboxylic acids is 2. The van der Waals surface area contributed by atoms with Crippen LogP contribution in [0.5, 0.6) is 5.75 Å². The number of aliphatic hydroxyl groups excluding tert-OH is 1. The van der Waals surface area contributed by atoms with E-state index >= 15 is 0 Å². The van der Waals surface area contributed by atoms with E-state index in [1.807, 2.05) is 51.0 Å². The lowest BCUT2D eigenvalue weighted by molar-refractivity contribution is -0.139. The fourth-order valence-corrected chi connectivity index (χ4v) is 3.82. The van der Waals surface area contributed by atoms with E-state index in [1.54, 1.807) is 6.07 Å². The predicted octanol–water partition coefficient (Wildman–Crippen LogP) is 4.23. The Morgan fingerprint density at radius 3 is 2.48 bits per heavy atom. The van der Waals surface area contributed by atoms with Gasteiger partial charge in [0.05, 0.1) is 18.2 Å². The van der Waals surface area contributed by atoms with Gasteiger partial charge in [0.2, 0.25) is 0 Å². The number of ketones is 1. The van der Waals surface area contributed by atoms with Crippen LogP contribution in [-0.2, 0) is 9.59 Å². The number of rotatable bonds is 9. The minimum atomic E-state index is -0.764. The first-order valence-corrected chi connectivity index (χ1v) is 11.1. The zero-order chi connectivity index (χ0) is 24.1. The largest absolute Gasteiger partial charge is 0.507 e. The number of hydrogen-bond acceptors (Lipinski definition) is 5. The molecule has 0 saturated carbocycles. The topological polar surface area (TPSA) is 70.1 Å². The normalized spacial score (nSPS) is 17.9. The van der Waals surface area contributed by atoms with E-state index in [4.69, 9.17) is 4.74 Å². The smallest absolute Gasteiger partial charge is 0.295 e. The van der Waals surface area contributed by atoms with Crippen molar-refractivity contribution in [1.29, 1.82) is 0 Å². The molecule has 1 amide bonds. The first kappa shape index (κ1) is 24.5. The number of benzene rings is 2. The number of likely N-dealkylation sites (tertiary alicyclic amines) is 1. The zero-order valence-electron chi connectivity index (χ0n) is 19.5. The van der Waals surface area contributed by atoms with Gasteiger partial charge in [-0.15, -0.1) is 0 Å². The summed E-state index contributed by atoms with van der Waals surface area (Å²) in [5, 5.41) is 11.0. The molecular weight excluding hydrogens is 423 g/mol. The quantitative estimate of drug-likeness (QED) is 0.349. The molecule has 0 radical (unpaired) electrons. The summed E-state index contributed by atoms with van der Waals surface area (Å²) in [5.41, 5.74) is 0.946. The van der Waals surface area contributed by atoms with Crippen LogP contribution in [0.3, 0.4) is 0 Å². The van der Waals surface area contributed by atoms with Gasteiger partial charge in [-0.1, -0.05) is 26.0 Å². The molecule has 7 heteroatoms. The standard InChI is InChI=1S/C26H31FN2O4/c1-17(2)16-33-21-8-5-7-19(15-21)23-22(24(30)18-9-11-20(27)12-10-18)25(31)26(32)29(23)14-6-13-28(3)4/h5,7-12,15,17,23,30H,6,13-14,16H2,1-4H3/b24-22-. The molecule has 1 aliphatic heterocycles. The molecule has 0 spiro atoms. The molecule has 0 aliphatic carbocycles. The SMILES string of the molecule is CC(C)COc1cccc(C2/C(=C(/O)c3ccc(F)cc3)C(=O)C(=O)N2CCCN(C)C)c1. The molecule has 1 fully saturated rings. The van der Waals surface area contributed by atoms with Gasteiger partial charge < -0.3 is 19.6 Å². The van der Waals surface area contributed by atoms with Crippen LogP contribution in [0.4, 0.5) is 4.39 Å². The van der Waals surface area contributed by atoms with Crippen molar-refractivity contribution in [2.75, 3.05) is 33.8 Å². The molecule has 1 unspecified atom stereocenters. The fraction of sp³-hybridized carbons (Fsp3) is 0.385. The molecule has 1 heterocycles. The first-order valence-electron chi connectivity index (χ1n) is 11.1. The molecular formula is C26H31FN2O4. The van der Waals surface area contributed by atoms with E-state index < -0.39 is 23.5 Å². The minimum absolute atomic E-state index is 0.00234. The third-order valence-corrected chi connectivity index (χ3v) is 5.42. The van der Waals surface area contributed by atoms with Gasteiger partial charge in [0.1, 0.15) is 17.3 Å². The summed E-state index contributed by atoms with van der Waals surface area (Å²) in [4.78, 5) is 29.6. The van der Waals surface area contributed by atoms with Crippen molar-refractivity contribution < 1.29 is 23.8 Å². The molecule has 3 rings (SSSR count). The van der Waals surface area contributed by atoms with Crippen molar-refractivity contribution in [3.05, 3.63) is 71.0 Å². The maximum atomic E-state index is 13.4. The average Bonchev–Trinajstić information content (AvgIpc) is 3.03. The summed E-state index contributed by atoms with van der Waals surface area (Å²) in [5.74, 6) is -1.22. The van der Waals surface area contributed by atoms with Gasteiger partial charge in [0, 0.05) is 12.1 Å². The lowest BCUT2D eigenvalue weighted by atomic mass is 9.95. The molecule has 0 aromatic heterocycles. The third-order valence-electron chi connectivity index (χ3n) is 5.42. The number of hydrogen-bond donors (Lipinski definition) is 1. The van der Waals surface area contributed by atoms with Crippen molar-refractivity contribution in [2.45, 2.75) is 26.3 Å². The summed E-state index contributed by atoms with van der Waals surface area (Å²) >= 11 is 0. The van der Waals surface area contributed by atoms with Gasteiger partial charge in [-0.25, -0.2) is 4.39 Å². The van der Waals surface area contributed by atoms with Crippen molar-refractivity contribution in [3.63, 3.8) is 0 Å². The van der Waals surface area contributed by atoms with E-state index in [-0.39, 0.29) is 16.9 Å². The highest BCUT2D eigenvalue weighted by Gasteiger charge is 2.45. The van der Waals surface area contributed by atoms with E-state index in [0.29, 0.717) is 36.8 Å². The molecule has 1 atom stereocenters. The monoisotopic (exact) mass is 454 g/mol. The van der Waals surface area contributed by atoms with Crippen molar-refractivity contribution >= 4 is 17.4 Å². The average molecular weight is 455 g/mol. The number of Topliss-reactive ketones (excluding diaryl/α,β-unsaturated/α-hetero) is 1. The van der Waals surface area contributed by atoms with Crippen LogP contribution >= 0.6 is 0 Å². The summed E-state index contributed by atoms with van der Waals surface area (Å²) in [6.45, 7) is 5.72. The first-order chi connectivity index (χ1) is 15.7. The molecule has 33 heavy (non-hydrogen) atoms. The highest BCUT2D eigenvalue weighted by atomic mass is 19.1. The second kappa shape index (κ2) is 10.6. The van der Waals surface area contributed by atoms with Gasteiger partial charge in [0.15, 0.2) is 0 Å². The van der Waals surface area contributed by atoms with Gasteiger partial charge in [0.25, 0.3) is 11.7 Å². The van der Waals surface area contributed by atoms with Crippen LogP contribution in [-0.4, -0.2) is 60.4 Å². The van der Waals surface area contributed by atoms with Crippen LogP contribution < -0.4 is 4.74 Å².